The van der Waals surface area contributed by atoms with Crippen molar-refractivity contribution in [2.45, 2.75) is 25.7 Å². The maximum absolute atomic E-state index is 13.1. The summed E-state index contributed by atoms with van der Waals surface area (Å²) in [6.45, 7) is 3.70. The van der Waals surface area contributed by atoms with Crippen molar-refractivity contribution in [1.82, 2.24) is 0 Å². The summed E-state index contributed by atoms with van der Waals surface area (Å²) < 4.78 is 13.1. The fraction of sp³-hybridized carbons (Fsp3) is 0.333. The molecule has 0 saturated heterocycles. The second-order valence-electron chi connectivity index (χ2n) is 5.70. The highest BCUT2D eigenvalue weighted by Crippen LogP contribution is 2.29. The summed E-state index contributed by atoms with van der Waals surface area (Å²) in [5.74, 6) is -0.324. The highest BCUT2D eigenvalue weighted by Gasteiger charge is 2.31. The summed E-state index contributed by atoms with van der Waals surface area (Å²) in [6, 6.07) is 12.1. The second-order valence-corrected chi connectivity index (χ2v) is 5.70. The molecule has 21 heavy (non-hydrogen) atoms. The lowest BCUT2D eigenvalue weighted by molar-refractivity contribution is 0.116. The van der Waals surface area contributed by atoms with Gasteiger partial charge >= 0.3 is 0 Å². The maximum Gasteiger partial charge on any atom is 0.123 e. The molecule has 0 heterocycles. The molecule has 0 spiro atoms. The molecule has 0 fully saturated rings. The zero-order valence-corrected chi connectivity index (χ0v) is 12.4. The van der Waals surface area contributed by atoms with E-state index in [4.69, 9.17) is 0 Å². The van der Waals surface area contributed by atoms with Gasteiger partial charge in [-0.1, -0.05) is 30.3 Å². The molecule has 0 bridgehead atoms. The number of rotatable bonds is 5. The van der Waals surface area contributed by atoms with Crippen molar-refractivity contribution in [3.63, 3.8) is 0 Å². The summed E-state index contributed by atoms with van der Waals surface area (Å²) in [6.07, 6.45) is 0.507. The van der Waals surface area contributed by atoms with E-state index in [0.29, 0.717) is 6.42 Å². The standard InChI is InChI=1S/C18H21FO2/c1-13-3-4-15(9-14(13)2)10-18(11-20,12-21)16-5-7-17(19)8-6-16/h3-9,20-21H,10-12H2,1-2H3. The molecule has 2 rings (SSSR count). The second kappa shape index (κ2) is 6.37. The normalized spacial score (nSPS) is 11.7. The number of aliphatic hydroxyl groups is 2. The minimum atomic E-state index is -0.796. The van der Waals surface area contributed by atoms with Crippen LogP contribution in [-0.4, -0.2) is 23.4 Å². The predicted molar refractivity (Wildman–Crippen MR) is 81.9 cm³/mol. The first-order valence-electron chi connectivity index (χ1n) is 7.05. The van der Waals surface area contributed by atoms with E-state index in [9.17, 15) is 14.6 Å². The van der Waals surface area contributed by atoms with Crippen LogP contribution in [0.2, 0.25) is 0 Å². The molecule has 2 nitrogen and oxygen atoms in total. The van der Waals surface area contributed by atoms with Gasteiger partial charge in [0.2, 0.25) is 0 Å². The number of hydrogen-bond acceptors (Lipinski definition) is 2. The molecule has 0 radical (unpaired) electrons. The molecule has 0 amide bonds. The van der Waals surface area contributed by atoms with Gasteiger partial charge in [-0.2, -0.15) is 0 Å². The van der Waals surface area contributed by atoms with Gasteiger partial charge in [-0.05, 0) is 54.7 Å². The van der Waals surface area contributed by atoms with Crippen molar-refractivity contribution in [2.75, 3.05) is 13.2 Å². The summed E-state index contributed by atoms with van der Waals surface area (Å²) >= 11 is 0. The lowest BCUT2D eigenvalue weighted by atomic mass is 9.76. The topological polar surface area (TPSA) is 40.5 Å². The van der Waals surface area contributed by atoms with Crippen LogP contribution in [-0.2, 0) is 11.8 Å². The summed E-state index contributed by atoms with van der Waals surface area (Å²) in [7, 11) is 0. The minimum Gasteiger partial charge on any atom is -0.395 e. The molecule has 3 heteroatoms. The molecule has 0 unspecified atom stereocenters. The SMILES string of the molecule is Cc1ccc(CC(CO)(CO)c2ccc(F)cc2)cc1C. The Balaban J connectivity index is 2.37. The molecule has 0 aliphatic rings. The van der Waals surface area contributed by atoms with E-state index in [1.165, 1.54) is 23.3 Å². The van der Waals surface area contributed by atoms with Crippen LogP contribution in [0.15, 0.2) is 42.5 Å². The van der Waals surface area contributed by atoms with Gasteiger partial charge in [0.1, 0.15) is 5.82 Å². The maximum atomic E-state index is 13.1. The van der Waals surface area contributed by atoms with E-state index in [1.54, 1.807) is 12.1 Å². The Kier molecular flexibility index (Phi) is 4.76. The van der Waals surface area contributed by atoms with E-state index < -0.39 is 5.41 Å². The van der Waals surface area contributed by atoms with Crippen molar-refractivity contribution >= 4 is 0 Å². The molecule has 2 aromatic carbocycles. The summed E-state index contributed by atoms with van der Waals surface area (Å²) in [5.41, 5.74) is 3.38. The van der Waals surface area contributed by atoms with Crippen molar-refractivity contribution in [3.8, 4) is 0 Å². The fourth-order valence-corrected chi connectivity index (χ4v) is 2.55. The zero-order valence-electron chi connectivity index (χ0n) is 12.4. The Hall–Kier alpha value is -1.71. The minimum absolute atomic E-state index is 0.192. The first-order valence-corrected chi connectivity index (χ1v) is 7.05. The third kappa shape index (κ3) is 3.31. The van der Waals surface area contributed by atoms with E-state index in [0.717, 1.165) is 11.1 Å². The molecular weight excluding hydrogens is 267 g/mol. The van der Waals surface area contributed by atoms with Crippen molar-refractivity contribution < 1.29 is 14.6 Å². The molecule has 0 saturated carbocycles. The van der Waals surface area contributed by atoms with E-state index in [-0.39, 0.29) is 19.0 Å². The van der Waals surface area contributed by atoms with Crippen molar-refractivity contribution in [1.29, 1.82) is 0 Å². The average Bonchev–Trinajstić information content (AvgIpc) is 2.49. The molecule has 112 valence electrons. The van der Waals surface area contributed by atoms with Gasteiger partial charge in [-0.25, -0.2) is 4.39 Å². The first kappa shape index (κ1) is 15.7. The van der Waals surface area contributed by atoms with Gasteiger partial charge in [0.25, 0.3) is 0 Å². The predicted octanol–water partition coefficient (Wildman–Crippen LogP) is 2.91. The molecule has 0 aliphatic carbocycles. The Labute approximate surface area is 124 Å². The van der Waals surface area contributed by atoms with Gasteiger partial charge < -0.3 is 10.2 Å². The van der Waals surface area contributed by atoms with E-state index >= 15 is 0 Å². The smallest absolute Gasteiger partial charge is 0.123 e. The highest BCUT2D eigenvalue weighted by molar-refractivity contribution is 5.34. The monoisotopic (exact) mass is 288 g/mol. The molecule has 2 N–H and O–H groups in total. The van der Waals surface area contributed by atoms with Gasteiger partial charge in [-0.15, -0.1) is 0 Å². The molecular formula is C18H21FO2. The van der Waals surface area contributed by atoms with Crippen LogP contribution in [0.3, 0.4) is 0 Å². The van der Waals surface area contributed by atoms with Crippen LogP contribution in [0, 0.1) is 19.7 Å². The van der Waals surface area contributed by atoms with Crippen LogP contribution < -0.4 is 0 Å². The average molecular weight is 288 g/mol. The zero-order chi connectivity index (χ0) is 15.5. The molecule has 0 aliphatic heterocycles. The lowest BCUT2D eigenvalue weighted by Gasteiger charge is -2.31. The van der Waals surface area contributed by atoms with E-state index in [1.807, 2.05) is 26.0 Å². The Bertz CT molecular complexity index is 601. The number of hydrogen-bond donors (Lipinski definition) is 2. The third-order valence-corrected chi connectivity index (χ3v) is 4.18. The fourth-order valence-electron chi connectivity index (χ4n) is 2.55. The highest BCUT2D eigenvalue weighted by atomic mass is 19.1. The molecule has 2 aromatic rings. The Morgan fingerprint density at radius 2 is 1.52 bits per heavy atom. The largest absolute Gasteiger partial charge is 0.395 e. The van der Waals surface area contributed by atoms with Crippen LogP contribution in [0.4, 0.5) is 4.39 Å². The quantitative estimate of drug-likeness (QED) is 0.888. The van der Waals surface area contributed by atoms with Gasteiger partial charge in [0.05, 0.1) is 13.2 Å². The summed E-state index contributed by atoms with van der Waals surface area (Å²) in [4.78, 5) is 0. The van der Waals surface area contributed by atoms with Crippen molar-refractivity contribution in [3.05, 3.63) is 70.5 Å². The third-order valence-electron chi connectivity index (χ3n) is 4.18. The summed E-state index contributed by atoms with van der Waals surface area (Å²) in [5, 5.41) is 19.7. The van der Waals surface area contributed by atoms with Crippen LogP contribution in [0.25, 0.3) is 0 Å². The van der Waals surface area contributed by atoms with Crippen LogP contribution in [0.5, 0.6) is 0 Å². The number of benzene rings is 2. The number of aliphatic hydroxyl groups excluding tert-OH is 2. The Morgan fingerprint density at radius 1 is 0.905 bits per heavy atom. The first-order chi connectivity index (χ1) is 10.0. The number of halogens is 1. The van der Waals surface area contributed by atoms with Crippen LogP contribution >= 0.6 is 0 Å². The van der Waals surface area contributed by atoms with Gasteiger partial charge in [-0.3, -0.25) is 0 Å². The van der Waals surface area contributed by atoms with Gasteiger partial charge in [0.15, 0.2) is 0 Å². The molecule has 0 atom stereocenters. The van der Waals surface area contributed by atoms with Gasteiger partial charge in [0, 0.05) is 5.41 Å². The van der Waals surface area contributed by atoms with Crippen molar-refractivity contribution in [2.24, 2.45) is 0 Å². The molecule has 0 aromatic heterocycles. The lowest BCUT2D eigenvalue weighted by Crippen LogP contribution is -2.37. The number of aryl methyl sites for hydroxylation is 2. The Morgan fingerprint density at radius 3 is 2.05 bits per heavy atom. The van der Waals surface area contributed by atoms with E-state index in [2.05, 4.69) is 6.07 Å². The van der Waals surface area contributed by atoms with Crippen LogP contribution in [0.1, 0.15) is 22.3 Å².